The molecule has 0 unspecified atom stereocenters. The van der Waals surface area contributed by atoms with Crippen molar-refractivity contribution in [3.63, 3.8) is 0 Å². The summed E-state index contributed by atoms with van der Waals surface area (Å²) in [4.78, 5) is 0. The lowest BCUT2D eigenvalue weighted by atomic mass is 10.2. The number of aryl methyl sites for hydroxylation is 4. The monoisotopic (exact) mass is 612 g/mol. The van der Waals surface area contributed by atoms with E-state index in [1.807, 2.05) is 149 Å². The van der Waals surface area contributed by atoms with Gasteiger partial charge in [0.2, 0.25) is 0 Å². The summed E-state index contributed by atoms with van der Waals surface area (Å²) in [5, 5.41) is 0. The summed E-state index contributed by atoms with van der Waals surface area (Å²) in [5.41, 5.74) is 4.74. The van der Waals surface area contributed by atoms with Gasteiger partial charge >= 0.3 is 17.2 Å². The van der Waals surface area contributed by atoms with E-state index in [2.05, 4.69) is 0 Å². The average molecular weight is 613 g/mol. The number of rotatable bonds is 13. The van der Waals surface area contributed by atoms with Gasteiger partial charge in [0, 0.05) is 5.56 Å². The molecule has 0 saturated heterocycles. The van der Waals surface area contributed by atoms with Crippen LogP contribution in [0.4, 0.5) is 0 Å². The molecular formula is C35H34O6P2. The molecule has 0 N–H and O–H groups in total. The third-order valence-electron chi connectivity index (χ3n) is 6.54. The van der Waals surface area contributed by atoms with Crippen LogP contribution in [-0.2, 0) is 11.1 Å². The molecular weight excluding hydrogens is 578 g/mol. The molecule has 5 aromatic carbocycles. The SMILES string of the molecule is Cc1ccccc1OP(OCc1ccccc1OP(Oc1ccccc1C)Oc1ccccc1C)Oc1ccccc1C. The number of hydrogen-bond donors (Lipinski definition) is 0. The molecule has 43 heavy (non-hydrogen) atoms. The van der Waals surface area contributed by atoms with Gasteiger partial charge in [0.05, 0.1) is 6.61 Å². The fraction of sp³-hybridized carbons (Fsp3) is 0.143. The van der Waals surface area contributed by atoms with Crippen molar-refractivity contribution in [1.82, 2.24) is 0 Å². The van der Waals surface area contributed by atoms with Crippen LogP contribution in [0.3, 0.4) is 0 Å². The molecule has 0 aliphatic heterocycles. The van der Waals surface area contributed by atoms with Crippen molar-refractivity contribution in [3.8, 4) is 28.7 Å². The van der Waals surface area contributed by atoms with E-state index in [4.69, 9.17) is 27.1 Å². The van der Waals surface area contributed by atoms with Crippen molar-refractivity contribution < 1.29 is 27.1 Å². The molecule has 0 aliphatic rings. The zero-order chi connectivity index (χ0) is 30.0. The van der Waals surface area contributed by atoms with Crippen LogP contribution in [0.1, 0.15) is 27.8 Å². The van der Waals surface area contributed by atoms with Gasteiger partial charge in [-0.2, -0.15) is 0 Å². The fourth-order valence-electron chi connectivity index (χ4n) is 4.00. The molecule has 0 amide bonds. The van der Waals surface area contributed by atoms with Crippen LogP contribution < -0.4 is 22.6 Å². The largest absolute Gasteiger partial charge is 0.530 e. The third kappa shape index (κ3) is 8.49. The highest BCUT2D eigenvalue weighted by Crippen LogP contribution is 2.47. The Labute approximate surface area is 256 Å². The molecule has 0 aromatic heterocycles. The molecule has 0 fully saturated rings. The molecule has 5 rings (SSSR count). The van der Waals surface area contributed by atoms with Gasteiger partial charge in [-0.15, -0.1) is 0 Å². The molecule has 8 heteroatoms. The molecule has 6 nitrogen and oxygen atoms in total. The lowest BCUT2D eigenvalue weighted by Gasteiger charge is -2.22. The fourth-order valence-corrected chi connectivity index (χ4v) is 6.30. The van der Waals surface area contributed by atoms with Crippen LogP contribution >= 0.6 is 17.2 Å². The Morgan fingerprint density at radius 2 is 0.674 bits per heavy atom. The first-order valence-corrected chi connectivity index (χ1v) is 16.1. The summed E-state index contributed by atoms with van der Waals surface area (Å²) in [6.07, 6.45) is 0. The third-order valence-corrected chi connectivity index (χ3v) is 8.61. The smallest absolute Gasteiger partial charge is 0.417 e. The minimum absolute atomic E-state index is 0.178. The minimum Gasteiger partial charge on any atom is -0.417 e. The highest BCUT2D eigenvalue weighted by atomic mass is 31.2. The van der Waals surface area contributed by atoms with E-state index >= 15 is 0 Å². The van der Waals surface area contributed by atoms with Crippen LogP contribution in [0.2, 0.25) is 0 Å². The second kappa shape index (κ2) is 14.9. The van der Waals surface area contributed by atoms with Gasteiger partial charge in [-0.3, -0.25) is 4.52 Å². The Morgan fingerprint density at radius 1 is 0.372 bits per heavy atom. The maximum absolute atomic E-state index is 6.44. The Morgan fingerprint density at radius 3 is 1.07 bits per heavy atom. The van der Waals surface area contributed by atoms with Gasteiger partial charge in [0.1, 0.15) is 28.7 Å². The first-order chi connectivity index (χ1) is 21.0. The second-order valence-corrected chi connectivity index (χ2v) is 11.9. The van der Waals surface area contributed by atoms with E-state index in [1.165, 1.54) is 0 Å². The van der Waals surface area contributed by atoms with Crippen LogP contribution in [0, 0.1) is 27.7 Å². The highest BCUT2D eigenvalue weighted by Gasteiger charge is 2.25. The average Bonchev–Trinajstić information content (AvgIpc) is 3.01. The van der Waals surface area contributed by atoms with Gasteiger partial charge in [-0.25, -0.2) is 0 Å². The molecule has 0 bridgehead atoms. The lowest BCUT2D eigenvalue weighted by molar-refractivity contribution is 0.253. The van der Waals surface area contributed by atoms with Crippen LogP contribution in [0.15, 0.2) is 121 Å². The molecule has 5 aromatic rings. The molecule has 0 aliphatic carbocycles. The molecule has 0 heterocycles. The van der Waals surface area contributed by atoms with E-state index in [0.29, 0.717) is 28.7 Å². The molecule has 0 saturated carbocycles. The highest BCUT2D eigenvalue weighted by molar-refractivity contribution is 7.43. The second-order valence-electron chi connectivity index (χ2n) is 9.85. The van der Waals surface area contributed by atoms with Gasteiger partial charge in [-0.1, -0.05) is 91.0 Å². The van der Waals surface area contributed by atoms with E-state index in [9.17, 15) is 0 Å². The molecule has 220 valence electrons. The Hall–Kier alpha value is -4.08. The van der Waals surface area contributed by atoms with E-state index in [-0.39, 0.29) is 6.61 Å². The van der Waals surface area contributed by atoms with Crippen molar-refractivity contribution in [1.29, 1.82) is 0 Å². The minimum atomic E-state index is -1.87. The zero-order valence-electron chi connectivity index (χ0n) is 24.6. The topological polar surface area (TPSA) is 55.4 Å². The normalized spacial score (nSPS) is 10.9. The van der Waals surface area contributed by atoms with Crippen molar-refractivity contribution in [2.45, 2.75) is 34.3 Å². The molecule has 0 atom stereocenters. The van der Waals surface area contributed by atoms with Crippen molar-refractivity contribution in [2.24, 2.45) is 0 Å². The Kier molecular flexibility index (Phi) is 10.5. The zero-order valence-corrected chi connectivity index (χ0v) is 26.4. The first-order valence-electron chi connectivity index (χ1n) is 13.9. The van der Waals surface area contributed by atoms with Gasteiger partial charge in [0.15, 0.2) is 0 Å². The standard InChI is InChI=1S/C35H34O6P2/c1-26-15-5-10-20-31(26)37-42(38-32-21-11-6-16-27(32)2)36-25-30-19-9-14-24-35(30)41-43(39-33-22-12-7-17-28(33)3)40-34-23-13-8-18-29(34)4/h5-24H,25H2,1-4H3. The maximum atomic E-state index is 6.44. The van der Waals surface area contributed by atoms with E-state index in [1.54, 1.807) is 0 Å². The number of benzene rings is 5. The van der Waals surface area contributed by atoms with Crippen molar-refractivity contribution >= 4 is 17.2 Å². The molecule has 0 radical (unpaired) electrons. The number of para-hydroxylation sites is 5. The summed E-state index contributed by atoms with van der Waals surface area (Å²) >= 11 is 0. The van der Waals surface area contributed by atoms with Gasteiger partial charge in [-0.05, 0) is 80.3 Å². The predicted octanol–water partition coefficient (Wildman–Crippen LogP) is 10.6. The number of hydrogen-bond acceptors (Lipinski definition) is 6. The molecule has 0 spiro atoms. The van der Waals surface area contributed by atoms with Crippen LogP contribution in [0.5, 0.6) is 28.7 Å². The van der Waals surface area contributed by atoms with Crippen LogP contribution in [0.25, 0.3) is 0 Å². The maximum Gasteiger partial charge on any atom is 0.530 e. The summed E-state index contributed by atoms with van der Waals surface area (Å²) in [5.74, 6) is 3.37. The summed E-state index contributed by atoms with van der Waals surface area (Å²) in [7, 11) is -3.67. The van der Waals surface area contributed by atoms with Gasteiger partial charge in [0.25, 0.3) is 0 Å². The Bertz CT molecular complexity index is 1550. The first kappa shape index (κ1) is 30.4. The quantitative estimate of drug-likeness (QED) is 0.123. The lowest BCUT2D eigenvalue weighted by Crippen LogP contribution is -2.06. The van der Waals surface area contributed by atoms with Crippen molar-refractivity contribution in [3.05, 3.63) is 149 Å². The van der Waals surface area contributed by atoms with Crippen LogP contribution in [-0.4, -0.2) is 0 Å². The van der Waals surface area contributed by atoms with Crippen molar-refractivity contribution in [2.75, 3.05) is 0 Å². The van der Waals surface area contributed by atoms with Gasteiger partial charge < -0.3 is 22.6 Å². The summed E-state index contributed by atoms with van der Waals surface area (Å²) in [6.45, 7) is 8.14. The van der Waals surface area contributed by atoms with E-state index < -0.39 is 17.2 Å². The van der Waals surface area contributed by atoms with E-state index in [0.717, 1.165) is 27.8 Å². The summed E-state index contributed by atoms with van der Waals surface area (Å²) in [6, 6.07) is 38.8. The Balaban J connectivity index is 1.37. The predicted molar refractivity (Wildman–Crippen MR) is 173 cm³/mol. The summed E-state index contributed by atoms with van der Waals surface area (Å²) < 4.78 is 37.9.